The predicted molar refractivity (Wildman–Crippen MR) is 106 cm³/mol. The fourth-order valence-corrected chi connectivity index (χ4v) is 3.03. The number of H-pyrrole nitrogens is 1. The average Bonchev–Trinajstić information content (AvgIpc) is 2.60. The molecule has 3 aromatic rings. The maximum absolute atomic E-state index is 12.4. The second-order valence-electron chi connectivity index (χ2n) is 5.65. The van der Waals surface area contributed by atoms with Crippen LogP contribution in [0.2, 0.25) is 0 Å². The molecule has 0 radical (unpaired) electrons. The number of pyridine rings is 2. The van der Waals surface area contributed by atoms with Gasteiger partial charge < -0.3 is 21.8 Å². The number of hydrogen-bond donors (Lipinski definition) is 4. The number of nitrogens with two attached hydrogens (primary N) is 2. The smallest absolute Gasteiger partial charge is 0.258 e. The van der Waals surface area contributed by atoms with Crippen molar-refractivity contribution in [2.75, 3.05) is 11.9 Å². The highest BCUT2D eigenvalue weighted by atomic mass is 79.9. The summed E-state index contributed by atoms with van der Waals surface area (Å²) >= 11 is 3.47. The third kappa shape index (κ3) is 3.36. The molecule has 0 bridgehead atoms. The summed E-state index contributed by atoms with van der Waals surface area (Å²) in [6.45, 7) is 2.33. The molecule has 7 heteroatoms. The van der Waals surface area contributed by atoms with Crippen LogP contribution in [0.1, 0.15) is 5.56 Å². The quantitative estimate of drug-likeness (QED) is 0.398. The number of aromatic amines is 1. The van der Waals surface area contributed by atoms with Gasteiger partial charge in [-0.05, 0) is 49.0 Å². The first kappa shape index (κ1) is 17.0. The maximum Gasteiger partial charge on any atom is 0.258 e. The SMILES string of the molecule is Cc1c[nH]c(=O)c2c1nc(NC/C(N)=C/C=C\N)c1ccc(Br)cc12. The highest BCUT2D eigenvalue weighted by molar-refractivity contribution is 9.10. The Morgan fingerprint density at radius 3 is 2.96 bits per heavy atom. The Hall–Kier alpha value is -2.80. The van der Waals surface area contributed by atoms with Crippen LogP contribution in [0.4, 0.5) is 5.82 Å². The molecule has 6 N–H and O–H groups in total. The van der Waals surface area contributed by atoms with Crippen molar-refractivity contribution in [3.8, 4) is 0 Å². The Morgan fingerprint density at radius 1 is 1.40 bits per heavy atom. The molecule has 0 unspecified atom stereocenters. The second kappa shape index (κ2) is 6.98. The Kier molecular flexibility index (Phi) is 4.76. The summed E-state index contributed by atoms with van der Waals surface area (Å²) in [4.78, 5) is 19.8. The lowest BCUT2D eigenvalue weighted by Gasteiger charge is -2.13. The molecule has 6 nitrogen and oxygen atoms in total. The Balaban J connectivity index is 2.21. The average molecular weight is 400 g/mol. The van der Waals surface area contributed by atoms with E-state index in [0.717, 1.165) is 20.8 Å². The van der Waals surface area contributed by atoms with E-state index in [-0.39, 0.29) is 5.56 Å². The third-order valence-corrected chi connectivity index (χ3v) is 4.36. The number of rotatable bonds is 4. The number of anilines is 1. The van der Waals surface area contributed by atoms with Gasteiger partial charge in [0.2, 0.25) is 0 Å². The van der Waals surface area contributed by atoms with E-state index in [1.165, 1.54) is 6.20 Å². The lowest BCUT2D eigenvalue weighted by Crippen LogP contribution is -2.14. The molecule has 1 aromatic carbocycles. The molecule has 3 rings (SSSR count). The van der Waals surface area contributed by atoms with Gasteiger partial charge in [-0.2, -0.15) is 0 Å². The summed E-state index contributed by atoms with van der Waals surface area (Å²) in [5.74, 6) is 0.678. The van der Waals surface area contributed by atoms with Gasteiger partial charge in [-0.3, -0.25) is 4.79 Å². The Bertz CT molecular complexity index is 1070. The van der Waals surface area contributed by atoms with E-state index < -0.39 is 0 Å². The molecule has 0 aliphatic rings. The van der Waals surface area contributed by atoms with Crippen LogP contribution in [-0.4, -0.2) is 16.5 Å². The van der Waals surface area contributed by atoms with Crippen LogP contribution < -0.4 is 22.3 Å². The Labute approximate surface area is 152 Å². The van der Waals surface area contributed by atoms with E-state index in [9.17, 15) is 4.79 Å². The van der Waals surface area contributed by atoms with Crippen LogP contribution in [0.3, 0.4) is 0 Å². The van der Waals surface area contributed by atoms with Crippen LogP contribution in [-0.2, 0) is 0 Å². The molecule has 0 saturated heterocycles. The minimum Gasteiger partial charge on any atom is -0.405 e. The van der Waals surface area contributed by atoms with Crippen molar-refractivity contribution in [2.45, 2.75) is 6.92 Å². The fourth-order valence-electron chi connectivity index (χ4n) is 2.67. The number of nitrogens with zero attached hydrogens (tertiary/aromatic N) is 1. The summed E-state index contributed by atoms with van der Waals surface area (Å²) in [5.41, 5.74) is 13.3. The van der Waals surface area contributed by atoms with Crippen LogP contribution in [0.5, 0.6) is 0 Å². The zero-order chi connectivity index (χ0) is 18.0. The van der Waals surface area contributed by atoms with Gasteiger partial charge >= 0.3 is 0 Å². The van der Waals surface area contributed by atoms with Crippen molar-refractivity contribution in [1.29, 1.82) is 0 Å². The summed E-state index contributed by atoms with van der Waals surface area (Å²) in [7, 11) is 0. The van der Waals surface area contributed by atoms with Crippen LogP contribution >= 0.6 is 15.9 Å². The lowest BCUT2D eigenvalue weighted by atomic mass is 10.1. The van der Waals surface area contributed by atoms with E-state index in [2.05, 4.69) is 31.2 Å². The number of aromatic nitrogens is 2. The Morgan fingerprint density at radius 2 is 2.20 bits per heavy atom. The summed E-state index contributed by atoms with van der Waals surface area (Å²) in [5, 5.41) is 5.51. The van der Waals surface area contributed by atoms with Gasteiger partial charge in [-0.25, -0.2) is 4.98 Å². The lowest BCUT2D eigenvalue weighted by molar-refractivity contribution is 1.14. The summed E-state index contributed by atoms with van der Waals surface area (Å²) in [6, 6.07) is 5.77. The fraction of sp³-hybridized carbons (Fsp3) is 0.111. The summed E-state index contributed by atoms with van der Waals surface area (Å²) < 4.78 is 0.895. The van der Waals surface area contributed by atoms with Crippen molar-refractivity contribution in [1.82, 2.24) is 9.97 Å². The molecular weight excluding hydrogens is 382 g/mol. The number of fused-ring (bicyclic) bond motifs is 3. The van der Waals surface area contributed by atoms with Crippen LogP contribution in [0, 0.1) is 6.92 Å². The molecule has 0 amide bonds. The first-order valence-electron chi connectivity index (χ1n) is 7.69. The third-order valence-electron chi connectivity index (χ3n) is 3.87. The molecular formula is C18H18BrN5O. The number of halogens is 1. The zero-order valence-electron chi connectivity index (χ0n) is 13.6. The molecule has 0 aliphatic heterocycles. The number of allylic oxidation sites excluding steroid dienone is 2. The molecule has 2 aromatic heterocycles. The van der Waals surface area contributed by atoms with E-state index in [1.54, 1.807) is 18.3 Å². The highest BCUT2D eigenvalue weighted by Gasteiger charge is 2.13. The topological polar surface area (TPSA) is 110 Å². The van der Waals surface area contributed by atoms with Gasteiger partial charge in [0.25, 0.3) is 5.56 Å². The highest BCUT2D eigenvalue weighted by Crippen LogP contribution is 2.30. The monoisotopic (exact) mass is 399 g/mol. The normalized spacial score (nSPS) is 12.3. The van der Waals surface area contributed by atoms with Crippen LogP contribution in [0.25, 0.3) is 21.7 Å². The minimum absolute atomic E-state index is 0.157. The molecule has 25 heavy (non-hydrogen) atoms. The molecule has 0 fully saturated rings. The van der Waals surface area contributed by atoms with E-state index >= 15 is 0 Å². The summed E-state index contributed by atoms with van der Waals surface area (Å²) in [6.07, 6.45) is 6.49. The molecule has 0 atom stereocenters. The van der Waals surface area contributed by atoms with Gasteiger partial charge in [0.15, 0.2) is 0 Å². The van der Waals surface area contributed by atoms with E-state index in [1.807, 2.05) is 25.1 Å². The van der Waals surface area contributed by atoms with Gasteiger partial charge in [0.1, 0.15) is 5.82 Å². The van der Waals surface area contributed by atoms with Gasteiger partial charge in [-0.1, -0.05) is 15.9 Å². The molecule has 0 spiro atoms. The van der Waals surface area contributed by atoms with E-state index in [0.29, 0.717) is 29.0 Å². The van der Waals surface area contributed by atoms with Crippen molar-refractivity contribution >= 4 is 43.4 Å². The van der Waals surface area contributed by atoms with Gasteiger partial charge in [-0.15, -0.1) is 0 Å². The molecule has 0 aliphatic carbocycles. The molecule has 128 valence electrons. The number of benzene rings is 1. The van der Waals surface area contributed by atoms with Crippen molar-refractivity contribution in [2.24, 2.45) is 11.5 Å². The zero-order valence-corrected chi connectivity index (χ0v) is 15.2. The largest absolute Gasteiger partial charge is 0.405 e. The van der Waals surface area contributed by atoms with Gasteiger partial charge in [0, 0.05) is 27.1 Å². The van der Waals surface area contributed by atoms with E-state index in [4.69, 9.17) is 11.5 Å². The minimum atomic E-state index is -0.157. The van der Waals surface area contributed by atoms with Crippen molar-refractivity contribution in [3.63, 3.8) is 0 Å². The predicted octanol–water partition coefficient (Wildman–Crippen LogP) is 2.87. The van der Waals surface area contributed by atoms with Crippen LogP contribution in [0.15, 0.2) is 57.7 Å². The van der Waals surface area contributed by atoms with Gasteiger partial charge in [0.05, 0.1) is 17.4 Å². The number of aryl methyl sites for hydroxylation is 1. The maximum atomic E-state index is 12.4. The first-order chi connectivity index (χ1) is 12.0. The van der Waals surface area contributed by atoms with Crippen molar-refractivity contribution in [3.05, 3.63) is 68.8 Å². The second-order valence-corrected chi connectivity index (χ2v) is 6.57. The number of hydrogen-bond acceptors (Lipinski definition) is 5. The molecule has 2 heterocycles. The number of nitrogens with one attached hydrogen (secondary N) is 2. The standard InChI is InChI=1S/C18H18BrN5O/c1-10-8-23-18(25)15-14-7-11(19)4-5-13(14)17(24-16(10)15)22-9-12(21)3-2-6-20/h2-8H,9,20-21H2,1H3,(H,22,24)(H,23,25)/b6-2-,12-3-. The van der Waals surface area contributed by atoms with Crippen molar-refractivity contribution < 1.29 is 0 Å². The first-order valence-corrected chi connectivity index (χ1v) is 8.48. The molecule has 0 saturated carbocycles.